The molecule has 0 aliphatic carbocycles. The van der Waals surface area contributed by atoms with Gasteiger partial charge in [0.05, 0.1) is 12.2 Å². The van der Waals surface area contributed by atoms with Crippen molar-refractivity contribution < 1.29 is 9.47 Å². The lowest BCUT2D eigenvalue weighted by Crippen LogP contribution is -2.34. The highest BCUT2D eigenvalue weighted by molar-refractivity contribution is 4.66. The van der Waals surface area contributed by atoms with Gasteiger partial charge < -0.3 is 9.47 Å². The summed E-state index contributed by atoms with van der Waals surface area (Å²) in [6, 6.07) is 0. The Kier molecular flexibility index (Phi) is 2.69. The molecular weight excluding hydrogens is 128 g/mol. The standard InChI is InChI=1S/C8H16O2/c1-4-8-5-6(2)9-7(3)10-8/h6-8H,4-5H2,1-3H3/t6-,7?,8?/m0/s1. The summed E-state index contributed by atoms with van der Waals surface area (Å²) in [6.07, 6.45) is 2.92. The average molecular weight is 144 g/mol. The van der Waals surface area contributed by atoms with Gasteiger partial charge in [0.1, 0.15) is 0 Å². The molecular formula is C8H16O2. The molecule has 2 nitrogen and oxygen atoms in total. The second-order valence-corrected chi connectivity index (χ2v) is 2.92. The third-order valence-electron chi connectivity index (χ3n) is 1.86. The van der Waals surface area contributed by atoms with Crippen molar-refractivity contribution >= 4 is 0 Å². The minimum atomic E-state index is -0.00583. The van der Waals surface area contributed by atoms with Gasteiger partial charge in [0.15, 0.2) is 6.29 Å². The summed E-state index contributed by atoms with van der Waals surface area (Å²) in [5.41, 5.74) is 0. The first-order valence-electron chi connectivity index (χ1n) is 4.03. The van der Waals surface area contributed by atoms with E-state index in [4.69, 9.17) is 9.47 Å². The summed E-state index contributed by atoms with van der Waals surface area (Å²) in [4.78, 5) is 0. The number of hydrogen-bond donors (Lipinski definition) is 0. The minimum absolute atomic E-state index is 0.00583. The van der Waals surface area contributed by atoms with E-state index in [0.29, 0.717) is 12.2 Å². The number of hydrogen-bond acceptors (Lipinski definition) is 2. The molecule has 0 radical (unpaired) electrons. The summed E-state index contributed by atoms with van der Waals surface area (Å²) >= 11 is 0. The third-order valence-corrected chi connectivity index (χ3v) is 1.86. The van der Waals surface area contributed by atoms with Gasteiger partial charge in [-0.2, -0.15) is 0 Å². The van der Waals surface area contributed by atoms with E-state index in [2.05, 4.69) is 13.8 Å². The molecule has 0 aromatic rings. The monoisotopic (exact) mass is 144 g/mol. The Morgan fingerprint density at radius 3 is 2.50 bits per heavy atom. The number of ether oxygens (including phenoxy) is 2. The largest absolute Gasteiger partial charge is 0.350 e. The summed E-state index contributed by atoms with van der Waals surface area (Å²) in [7, 11) is 0. The zero-order valence-electron chi connectivity index (χ0n) is 6.96. The fourth-order valence-corrected chi connectivity index (χ4v) is 1.37. The van der Waals surface area contributed by atoms with Gasteiger partial charge in [-0.15, -0.1) is 0 Å². The Labute approximate surface area is 62.5 Å². The molecule has 0 N–H and O–H groups in total. The molecule has 0 spiro atoms. The lowest BCUT2D eigenvalue weighted by molar-refractivity contribution is -0.229. The molecule has 3 atom stereocenters. The van der Waals surface area contributed by atoms with E-state index >= 15 is 0 Å². The second-order valence-electron chi connectivity index (χ2n) is 2.92. The summed E-state index contributed by atoms with van der Waals surface area (Å²) in [5, 5.41) is 0. The van der Waals surface area contributed by atoms with E-state index in [1.807, 2.05) is 6.92 Å². The molecule has 0 saturated carbocycles. The van der Waals surface area contributed by atoms with Crippen molar-refractivity contribution in [1.82, 2.24) is 0 Å². The SMILES string of the molecule is CCC1C[C@H](C)OC(C)O1. The van der Waals surface area contributed by atoms with Crippen molar-refractivity contribution in [3.63, 3.8) is 0 Å². The molecule has 0 aromatic carbocycles. The molecule has 0 amide bonds. The highest BCUT2D eigenvalue weighted by Crippen LogP contribution is 2.19. The summed E-state index contributed by atoms with van der Waals surface area (Å²) in [5.74, 6) is 0. The first-order valence-corrected chi connectivity index (χ1v) is 4.03. The van der Waals surface area contributed by atoms with Crippen LogP contribution in [0, 0.1) is 0 Å². The molecule has 60 valence electrons. The fourth-order valence-electron chi connectivity index (χ4n) is 1.37. The van der Waals surface area contributed by atoms with Crippen LogP contribution in [0.25, 0.3) is 0 Å². The maximum absolute atomic E-state index is 5.48. The van der Waals surface area contributed by atoms with Crippen LogP contribution in [-0.4, -0.2) is 18.5 Å². The minimum Gasteiger partial charge on any atom is -0.350 e. The van der Waals surface area contributed by atoms with Crippen LogP contribution in [0.4, 0.5) is 0 Å². The smallest absolute Gasteiger partial charge is 0.155 e. The zero-order valence-corrected chi connectivity index (χ0v) is 6.96. The van der Waals surface area contributed by atoms with E-state index in [9.17, 15) is 0 Å². The first kappa shape index (κ1) is 8.02. The predicted molar refractivity (Wildman–Crippen MR) is 39.8 cm³/mol. The predicted octanol–water partition coefficient (Wildman–Crippen LogP) is 1.94. The van der Waals surface area contributed by atoms with Crippen LogP contribution in [0.5, 0.6) is 0 Å². The highest BCUT2D eigenvalue weighted by atomic mass is 16.7. The van der Waals surface area contributed by atoms with Gasteiger partial charge in [0.2, 0.25) is 0 Å². The van der Waals surface area contributed by atoms with Crippen LogP contribution in [0.2, 0.25) is 0 Å². The van der Waals surface area contributed by atoms with Crippen molar-refractivity contribution in [3.8, 4) is 0 Å². The van der Waals surface area contributed by atoms with Crippen molar-refractivity contribution in [3.05, 3.63) is 0 Å². The molecule has 0 aromatic heterocycles. The highest BCUT2D eigenvalue weighted by Gasteiger charge is 2.22. The van der Waals surface area contributed by atoms with Crippen molar-refractivity contribution in [2.75, 3.05) is 0 Å². The van der Waals surface area contributed by atoms with Gasteiger partial charge in [-0.05, 0) is 26.7 Å². The lowest BCUT2D eigenvalue weighted by atomic mass is 10.1. The van der Waals surface area contributed by atoms with Crippen LogP contribution >= 0.6 is 0 Å². The topological polar surface area (TPSA) is 18.5 Å². The Hall–Kier alpha value is -0.0800. The maximum atomic E-state index is 5.48. The van der Waals surface area contributed by atoms with Gasteiger partial charge in [0.25, 0.3) is 0 Å². The second kappa shape index (κ2) is 3.35. The van der Waals surface area contributed by atoms with E-state index in [1.165, 1.54) is 0 Å². The summed E-state index contributed by atoms with van der Waals surface area (Å²) in [6.45, 7) is 6.20. The lowest BCUT2D eigenvalue weighted by Gasteiger charge is -2.31. The molecule has 1 saturated heterocycles. The molecule has 10 heavy (non-hydrogen) atoms. The van der Waals surface area contributed by atoms with Gasteiger partial charge in [-0.25, -0.2) is 0 Å². The van der Waals surface area contributed by atoms with Gasteiger partial charge in [-0.1, -0.05) is 6.92 Å². The van der Waals surface area contributed by atoms with Crippen molar-refractivity contribution in [2.24, 2.45) is 0 Å². The van der Waals surface area contributed by atoms with Gasteiger partial charge in [-0.3, -0.25) is 0 Å². The van der Waals surface area contributed by atoms with E-state index in [-0.39, 0.29) is 6.29 Å². The van der Waals surface area contributed by atoms with Gasteiger partial charge >= 0.3 is 0 Å². The van der Waals surface area contributed by atoms with Crippen molar-refractivity contribution in [2.45, 2.75) is 52.1 Å². The Balaban J connectivity index is 2.35. The fraction of sp³-hybridized carbons (Fsp3) is 1.00. The van der Waals surface area contributed by atoms with Crippen LogP contribution in [0.3, 0.4) is 0 Å². The summed E-state index contributed by atoms with van der Waals surface area (Å²) < 4.78 is 10.9. The Morgan fingerprint density at radius 1 is 1.30 bits per heavy atom. The normalized spacial score (nSPS) is 41.7. The van der Waals surface area contributed by atoms with E-state index in [0.717, 1.165) is 12.8 Å². The van der Waals surface area contributed by atoms with Crippen LogP contribution in [-0.2, 0) is 9.47 Å². The van der Waals surface area contributed by atoms with Gasteiger partial charge in [0, 0.05) is 0 Å². The molecule has 2 heteroatoms. The van der Waals surface area contributed by atoms with Crippen molar-refractivity contribution in [1.29, 1.82) is 0 Å². The van der Waals surface area contributed by atoms with Crippen LogP contribution < -0.4 is 0 Å². The quantitative estimate of drug-likeness (QED) is 0.560. The molecule has 1 aliphatic rings. The first-order chi connectivity index (χ1) is 4.72. The molecule has 1 fully saturated rings. The average Bonchev–Trinajstić information content (AvgIpc) is 1.85. The van der Waals surface area contributed by atoms with Crippen LogP contribution in [0.15, 0.2) is 0 Å². The third kappa shape index (κ3) is 1.96. The van der Waals surface area contributed by atoms with Crippen LogP contribution in [0.1, 0.15) is 33.6 Å². The Morgan fingerprint density at radius 2 is 2.00 bits per heavy atom. The molecule has 2 unspecified atom stereocenters. The Bertz CT molecular complexity index is 93.4. The molecule has 1 rings (SSSR count). The molecule has 0 bridgehead atoms. The van der Waals surface area contributed by atoms with E-state index < -0.39 is 0 Å². The molecule has 1 heterocycles. The number of rotatable bonds is 1. The maximum Gasteiger partial charge on any atom is 0.155 e. The van der Waals surface area contributed by atoms with E-state index in [1.54, 1.807) is 0 Å². The molecule has 1 aliphatic heterocycles. The zero-order chi connectivity index (χ0) is 7.56.